The van der Waals surface area contributed by atoms with Crippen LogP contribution in [0.4, 0.5) is 0 Å². The van der Waals surface area contributed by atoms with Crippen molar-refractivity contribution in [3.05, 3.63) is 12.7 Å². The zero-order valence-corrected chi connectivity index (χ0v) is 12.4. The molecule has 2 nitrogen and oxygen atoms in total. The van der Waals surface area contributed by atoms with Crippen LogP contribution in [-0.4, -0.2) is 18.5 Å². The average Bonchev–Trinajstić information content (AvgIpc) is 2.78. The van der Waals surface area contributed by atoms with E-state index in [4.69, 9.17) is 9.47 Å². The van der Waals surface area contributed by atoms with Crippen molar-refractivity contribution in [3.8, 4) is 0 Å². The summed E-state index contributed by atoms with van der Waals surface area (Å²) >= 11 is 0. The summed E-state index contributed by atoms with van der Waals surface area (Å²) in [6, 6.07) is 0. The Bertz CT molecular complexity index is 328. The van der Waals surface area contributed by atoms with E-state index in [2.05, 4.69) is 26.5 Å². The largest absolute Gasteiger partial charge is 0.346 e. The van der Waals surface area contributed by atoms with Gasteiger partial charge in [-0.25, -0.2) is 0 Å². The zero-order valence-electron chi connectivity index (χ0n) is 12.4. The first-order valence-corrected chi connectivity index (χ1v) is 8.12. The Morgan fingerprint density at radius 2 is 1.68 bits per heavy atom. The summed E-state index contributed by atoms with van der Waals surface area (Å²) < 4.78 is 12.5. The highest BCUT2D eigenvalue weighted by Crippen LogP contribution is 2.58. The van der Waals surface area contributed by atoms with E-state index in [1.165, 1.54) is 44.9 Å². The Labute approximate surface area is 117 Å². The quantitative estimate of drug-likeness (QED) is 0.692. The molecular weight excluding hydrogens is 236 g/mol. The van der Waals surface area contributed by atoms with Crippen molar-refractivity contribution in [2.24, 2.45) is 17.3 Å². The highest BCUT2D eigenvalue weighted by Gasteiger charge is 2.56. The molecule has 2 saturated carbocycles. The topological polar surface area (TPSA) is 18.5 Å². The van der Waals surface area contributed by atoms with E-state index in [9.17, 15) is 0 Å². The van der Waals surface area contributed by atoms with Crippen molar-refractivity contribution in [3.63, 3.8) is 0 Å². The molecule has 5 atom stereocenters. The second-order valence-corrected chi connectivity index (χ2v) is 6.84. The van der Waals surface area contributed by atoms with Crippen molar-refractivity contribution in [2.45, 2.75) is 77.3 Å². The van der Waals surface area contributed by atoms with Gasteiger partial charge in [0.2, 0.25) is 0 Å². The van der Waals surface area contributed by atoms with E-state index in [1.807, 2.05) is 0 Å². The third kappa shape index (κ3) is 2.08. The van der Waals surface area contributed by atoms with E-state index in [0.717, 1.165) is 5.92 Å². The average molecular weight is 264 g/mol. The van der Waals surface area contributed by atoms with Gasteiger partial charge in [0.05, 0.1) is 12.2 Å². The van der Waals surface area contributed by atoms with Gasteiger partial charge in [0, 0.05) is 5.41 Å². The lowest BCUT2D eigenvalue weighted by molar-refractivity contribution is -0.207. The van der Waals surface area contributed by atoms with Crippen LogP contribution in [0.5, 0.6) is 0 Å². The van der Waals surface area contributed by atoms with Crippen LogP contribution in [0.15, 0.2) is 12.7 Å². The number of fused-ring (bicyclic) bond motifs is 1. The van der Waals surface area contributed by atoms with E-state index in [-0.39, 0.29) is 23.9 Å². The minimum absolute atomic E-state index is 0.00565. The highest BCUT2D eigenvalue weighted by molar-refractivity contribution is 5.06. The molecule has 0 aromatic heterocycles. The first kappa shape index (κ1) is 13.6. The van der Waals surface area contributed by atoms with Gasteiger partial charge in [-0.2, -0.15) is 0 Å². The lowest BCUT2D eigenvalue weighted by Gasteiger charge is -2.53. The fourth-order valence-electron chi connectivity index (χ4n) is 4.77. The fourth-order valence-corrected chi connectivity index (χ4v) is 4.77. The predicted octanol–water partition coefficient (Wildman–Crippen LogP) is 4.30. The van der Waals surface area contributed by atoms with Gasteiger partial charge in [-0.15, -0.1) is 6.58 Å². The van der Waals surface area contributed by atoms with Gasteiger partial charge < -0.3 is 9.47 Å². The molecule has 0 spiro atoms. The second kappa shape index (κ2) is 5.21. The third-order valence-electron chi connectivity index (χ3n) is 5.99. The van der Waals surface area contributed by atoms with Crippen molar-refractivity contribution >= 4 is 0 Å². The Balaban J connectivity index is 1.92. The molecule has 2 aliphatic carbocycles. The summed E-state index contributed by atoms with van der Waals surface area (Å²) in [4.78, 5) is 0. The first-order chi connectivity index (χ1) is 9.18. The molecule has 3 rings (SSSR count). The molecule has 1 saturated heterocycles. The summed E-state index contributed by atoms with van der Waals surface area (Å²) in [6.45, 7) is 8.41. The Morgan fingerprint density at radius 3 is 2.37 bits per heavy atom. The van der Waals surface area contributed by atoms with Crippen LogP contribution >= 0.6 is 0 Å². The molecule has 0 radical (unpaired) electrons. The number of hydrogen-bond donors (Lipinski definition) is 0. The lowest BCUT2D eigenvalue weighted by atomic mass is 9.54. The molecule has 108 valence electrons. The lowest BCUT2D eigenvalue weighted by Crippen LogP contribution is -2.51. The Morgan fingerprint density at radius 1 is 1.00 bits per heavy atom. The van der Waals surface area contributed by atoms with Crippen molar-refractivity contribution < 1.29 is 9.47 Å². The SMILES string of the molecule is C=CC1CCCC2CCCCC12C1OC(C)C(C)O1. The molecular formula is C17H28O2. The monoisotopic (exact) mass is 264 g/mol. The van der Waals surface area contributed by atoms with Gasteiger partial charge in [0.1, 0.15) is 0 Å². The van der Waals surface area contributed by atoms with Gasteiger partial charge >= 0.3 is 0 Å². The van der Waals surface area contributed by atoms with Gasteiger partial charge in [0.15, 0.2) is 6.29 Å². The maximum Gasteiger partial charge on any atom is 0.164 e. The molecule has 0 aromatic rings. The van der Waals surface area contributed by atoms with Gasteiger partial charge in [0.25, 0.3) is 0 Å². The fraction of sp³-hybridized carbons (Fsp3) is 0.882. The summed E-state index contributed by atoms with van der Waals surface area (Å²) in [5, 5.41) is 0. The molecule has 0 bridgehead atoms. The van der Waals surface area contributed by atoms with Crippen LogP contribution in [0.3, 0.4) is 0 Å². The summed E-state index contributed by atoms with van der Waals surface area (Å²) in [5.74, 6) is 1.36. The van der Waals surface area contributed by atoms with Crippen LogP contribution in [0.1, 0.15) is 58.8 Å². The molecule has 19 heavy (non-hydrogen) atoms. The van der Waals surface area contributed by atoms with Crippen LogP contribution in [-0.2, 0) is 9.47 Å². The number of allylic oxidation sites excluding steroid dienone is 1. The van der Waals surface area contributed by atoms with Crippen molar-refractivity contribution in [2.75, 3.05) is 0 Å². The summed E-state index contributed by atoms with van der Waals surface area (Å²) in [7, 11) is 0. The molecule has 3 aliphatic rings. The first-order valence-electron chi connectivity index (χ1n) is 8.12. The van der Waals surface area contributed by atoms with Gasteiger partial charge in [-0.1, -0.05) is 25.3 Å². The van der Waals surface area contributed by atoms with Crippen molar-refractivity contribution in [1.82, 2.24) is 0 Å². The van der Waals surface area contributed by atoms with E-state index < -0.39 is 0 Å². The molecule has 0 aromatic carbocycles. The molecule has 1 aliphatic heterocycles. The molecule has 0 amide bonds. The van der Waals surface area contributed by atoms with Crippen LogP contribution in [0.25, 0.3) is 0 Å². The zero-order chi connectivity index (χ0) is 13.5. The number of rotatable bonds is 2. The summed E-state index contributed by atoms with van der Waals surface area (Å²) in [6.07, 6.45) is 12.0. The minimum atomic E-state index is 0.00565. The van der Waals surface area contributed by atoms with Gasteiger partial charge in [-0.3, -0.25) is 0 Å². The predicted molar refractivity (Wildman–Crippen MR) is 76.8 cm³/mol. The highest BCUT2D eigenvalue weighted by atomic mass is 16.7. The second-order valence-electron chi connectivity index (χ2n) is 6.84. The van der Waals surface area contributed by atoms with Crippen LogP contribution < -0.4 is 0 Å². The third-order valence-corrected chi connectivity index (χ3v) is 5.99. The van der Waals surface area contributed by atoms with Gasteiger partial charge in [-0.05, 0) is 51.4 Å². The summed E-state index contributed by atoms with van der Waals surface area (Å²) in [5.41, 5.74) is 0.220. The molecule has 3 fully saturated rings. The normalized spacial score (nSPS) is 50.7. The van der Waals surface area contributed by atoms with Crippen LogP contribution in [0, 0.1) is 17.3 Å². The molecule has 1 heterocycles. The molecule has 5 unspecified atom stereocenters. The minimum Gasteiger partial charge on any atom is -0.346 e. The van der Waals surface area contributed by atoms with E-state index >= 15 is 0 Å². The number of hydrogen-bond acceptors (Lipinski definition) is 2. The van der Waals surface area contributed by atoms with E-state index in [0.29, 0.717) is 5.92 Å². The smallest absolute Gasteiger partial charge is 0.164 e. The standard InChI is InChI=1S/C17H28O2/c1-4-14-9-7-10-15-8-5-6-11-17(14,15)16-18-12(2)13(3)19-16/h4,12-16H,1,5-11H2,2-3H3. The Hall–Kier alpha value is -0.340. The molecule has 0 N–H and O–H groups in total. The molecule has 2 heteroatoms. The van der Waals surface area contributed by atoms with Crippen molar-refractivity contribution in [1.29, 1.82) is 0 Å². The number of ether oxygens (including phenoxy) is 2. The maximum absolute atomic E-state index is 6.24. The van der Waals surface area contributed by atoms with E-state index in [1.54, 1.807) is 0 Å². The maximum atomic E-state index is 6.24. The Kier molecular flexibility index (Phi) is 3.74. The van der Waals surface area contributed by atoms with Crippen LogP contribution in [0.2, 0.25) is 0 Å².